The van der Waals surface area contributed by atoms with Crippen LogP contribution in [0.4, 0.5) is 14.5 Å². The maximum Gasteiger partial charge on any atom is 0.307 e. The molecule has 0 unspecified atom stereocenters. The number of hydrogen-bond acceptors (Lipinski definition) is 4. The molecule has 2 heterocycles. The molecule has 0 amide bonds. The van der Waals surface area contributed by atoms with Crippen LogP contribution in [0.1, 0.15) is 41.3 Å². The number of carboxylic acid groups (broad SMARTS) is 1. The van der Waals surface area contributed by atoms with E-state index in [9.17, 15) is 13.6 Å². The van der Waals surface area contributed by atoms with Gasteiger partial charge in [-0.25, -0.2) is 8.78 Å². The summed E-state index contributed by atoms with van der Waals surface area (Å²) < 4.78 is 27.6. The third-order valence-corrected chi connectivity index (χ3v) is 6.13. The van der Waals surface area contributed by atoms with E-state index < -0.39 is 11.8 Å². The van der Waals surface area contributed by atoms with Gasteiger partial charge >= 0.3 is 5.97 Å². The molecule has 0 fully saturated rings. The minimum absolute atomic E-state index is 0.00759. The number of anilines is 1. The molecular weight excluding hydrogens is 424 g/mol. The summed E-state index contributed by atoms with van der Waals surface area (Å²) in [6.07, 6.45) is 1.74. The van der Waals surface area contributed by atoms with Crippen LogP contribution < -0.4 is 10.6 Å². The number of nitrogens with zero attached hydrogens (tertiary/aromatic N) is 1. The van der Waals surface area contributed by atoms with Crippen molar-refractivity contribution in [3.63, 3.8) is 0 Å². The maximum absolute atomic E-state index is 14.1. The maximum atomic E-state index is 14.1. The third kappa shape index (κ3) is 5.73. The largest absolute Gasteiger partial charge is 0.481 e. The number of halogens is 2. The predicted molar refractivity (Wildman–Crippen MR) is 123 cm³/mol. The van der Waals surface area contributed by atoms with Gasteiger partial charge in [0.2, 0.25) is 0 Å². The molecule has 3 atom stereocenters. The molecule has 3 N–H and O–H groups in total. The van der Waals surface area contributed by atoms with E-state index in [1.165, 1.54) is 24.4 Å². The van der Waals surface area contributed by atoms with Crippen LogP contribution in [0.25, 0.3) is 0 Å². The third-order valence-electron chi connectivity index (χ3n) is 6.13. The van der Waals surface area contributed by atoms with Gasteiger partial charge in [0, 0.05) is 31.1 Å². The van der Waals surface area contributed by atoms with E-state index in [0.717, 1.165) is 22.5 Å². The Morgan fingerprint density at radius 3 is 2.70 bits per heavy atom. The van der Waals surface area contributed by atoms with Gasteiger partial charge in [-0.2, -0.15) is 0 Å². The standard InChI is InChI=1S/C26H27F2N3O2/c1-16(19-7-17(9-25(32)33)8-21(27)10-19)13-31-26(18-5-3-2-4-6-18)20-11-23-24(29-14-20)12-22(28)15-30-23/h2-8,10,12,15-16,20,26,29,31H,9,11,13-14H2,1H3,(H,32,33)/t16-,20-,26+/m0/s1. The molecule has 0 saturated heterocycles. The predicted octanol–water partition coefficient (Wildman–Crippen LogP) is 4.71. The Bertz CT molecular complexity index is 1120. The van der Waals surface area contributed by atoms with Crippen molar-refractivity contribution in [1.82, 2.24) is 10.3 Å². The summed E-state index contributed by atoms with van der Waals surface area (Å²) in [5, 5.41) is 16.0. The normalized spacial score (nSPS) is 17.0. The lowest BCUT2D eigenvalue weighted by molar-refractivity contribution is -0.136. The molecule has 1 aliphatic rings. The minimum atomic E-state index is -0.986. The summed E-state index contributed by atoms with van der Waals surface area (Å²) in [7, 11) is 0. The van der Waals surface area contributed by atoms with Crippen molar-refractivity contribution < 1.29 is 18.7 Å². The quantitative estimate of drug-likeness (QED) is 0.463. The number of fused-ring (bicyclic) bond motifs is 1. The SMILES string of the molecule is C[C@@H](CN[C@H](c1ccccc1)[C@@H]1CNc2cc(F)cnc2C1)c1cc(F)cc(CC(=O)O)c1. The second kappa shape index (κ2) is 10.1. The topological polar surface area (TPSA) is 74.2 Å². The zero-order chi connectivity index (χ0) is 23.4. The van der Waals surface area contributed by atoms with E-state index in [1.54, 1.807) is 6.07 Å². The fourth-order valence-electron chi connectivity index (χ4n) is 4.46. The summed E-state index contributed by atoms with van der Waals surface area (Å²) in [5.74, 6) is -1.62. The first-order valence-corrected chi connectivity index (χ1v) is 11.1. The number of carbonyl (C=O) groups is 1. The van der Waals surface area contributed by atoms with Gasteiger partial charge in [0.05, 0.1) is 24.0 Å². The molecule has 5 nitrogen and oxygen atoms in total. The van der Waals surface area contributed by atoms with Crippen LogP contribution in [0, 0.1) is 17.6 Å². The van der Waals surface area contributed by atoms with Crippen molar-refractivity contribution >= 4 is 11.7 Å². The van der Waals surface area contributed by atoms with Gasteiger partial charge in [-0.05, 0) is 41.2 Å². The lowest BCUT2D eigenvalue weighted by Gasteiger charge is -2.33. The van der Waals surface area contributed by atoms with E-state index in [0.29, 0.717) is 25.1 Å². The Morgan fingerprint density at radius 2 is 1.94 bits per heavy atom. The fraction of sp³-hybridized carbons (Fsp3) is 0.308. The molecule has 0 saturated carbocycles. The second-order valence-corrected chi connectivity index (χ2v) is 8.65. The summed E-state index contributed by atoms with van der Waals surface area (Å²) in [6.45, 7) is 3.24. The first kappa shape index (κ1) is 22.9. The smallest absolute Gasteiger partial charge is 0.307 e. The molecular formula is C26H27F2N3O2. The van der Waals surface area contributed by atoms with Crippen LogP contribution in [0.2, 0.25) is 0 Å². The lowest BCUT2D eigenvalue weighted by atomic mass is 9.86. The summed E-state index contributed by atoms with van der Waals surface area (Å²) in [4.78, 5) is 15.3. The highest BCUT2D eigenvalue weighted by atomic mass is 19.1. The monoisotopic (exact) mass is 451 g/mol. The van der Waals surface area contributed by atoms with E-state index in [1.807, 2.05) is 25.1 Å². The number of hydrogen-bond donors (Lipinski definition) is 3. The van der Waals surface area contributed by atoms with Gasteiger partial charge in [0.1, 0.15) is 11.6 Å². The zero-order valence-electron chi connectivity index (χ0n) is 18.4. The molecule has 1 aliphatic heterocycles. The Balaban J connectivity index is 1.52. The van der Waals surface area contributed by atoms with Crippen LogP contribution in [0.3, 0.4) is 0 Å². The average Bonchev–Trinajstić information content (AvgIpc) is 2.79. The highest BCUT2D eigenvalue weighted by molar-refractivity contribution is 5.70. The molecule has 7 heteroatoms. The van der Waals surface area contributed by atoms with Gasteiger partial charge < -0.3 is 15.7 Å². The lowest BCUT2D eigenvalue weighted by Crippen LogP contribution is -2.37. The first-order valence-electron chi connectivity index (χ1n) is 11.1. The molecule has 3 aromatic rings. The fourth-order valence-corrected chi connectivity index (χ4v) is 4.46. The summed E-state index contributed by atoms with van der Waals surface area (Å²) >= 11 is 0. The number of rotatable bonds is 8. The first-order chi connectivity index (χ1) is 15.9. The van der Waals surface area contributed by atoms with Crippen molar-refractivity contribution in [2.45, 2.75) is 31.7 Å². The number of carboxylic acids is 1. The molecule has 0 bridgehead atoms. The van der Waals surface area contributed by atoms with E-state index in [-0.39, 0.29) is 30.1 Å². The molecule has 0 spiro atoms. The molecule has 172 valence electrons. The van der Waals surface area contributed by atoms with Gasteiger partial charge in [0.25, 0.3) is 0 Å². The van der Waals surface area contributed by atoms with Crippen molar-refractivity contribution in [1.29, 1.82) is 0 Å². The van der Waals surface area contributed by atoms with E-state index in [2.05, 4.69) is 27.8 Å². The van der Waals surface area contributed by atoms with Crippen molar-refractivity contribution in [2.24, 2.45) is 5.92 Å². The Kier molecular flexibility index (Phi) is 6.99. The Hall–Kier alpha value is -3.32. The Morgan fingerprint density at radius 1 is 1.15 bits per heavy atom. The molecule has 4 rings (SSSR count). The summed E-state index contributed by atoms with van der Waals surface area (Å²) in [6, 6.07) is 16.1. The number of nitrogens with one attached hydrogen (secondary N) is 2. The van der Waals surface area contributed by atoms with E-state index in [4.69, 9.17) is 5.11 Å². The average molecular weight is 452 g/mol. The summed E-state index contributed by atoms with van der Waals surface area (Å²) in [5.41, 5.74) is 3.92. The highest BCUT2D eigenvalue weighted by Crippen LogP contribution is 2.32. The van der Waals surface area contributed by atoms with Gasteiger partial charge in [0.15, 0.2) is 0 Å². The van der Waals surface area contributed by atoms with Crippen LogP contribution in [0.5, 0.6) is 0 Å². The molecule has 0 aliphatic carbocycles. The number of aliphatic carboxylic acids is 1. The Labute approximate surface area is 191 Å². The number of benzene rings is 2. The van der Waals surface area contributed by atoms with Crippen molar-refractivity contribution in [3.05, 3.63) is 94.8 Å². The molecule has 33 heavy (non-hydrogen) atoms. The van der Waals surface area contributed by atoms with Crippen LogP contribution >= 0.6 is 0 Å². The van der Waals surface area contributed by atoms with Gasteiger partial charge in [-0.1, -0.05) is 43.3 Å². The molecule has 1 aromatic heterocycles. The van der Waals surface area contributed by atoms with Crippen molar-refractivity contribution in [2.75, 3.05) is 18.4 Å². The second-order valence-electron chi connectivity index (χ2n) is 8.65. The van der Waals surface area contributed by atoms with Crippen LogP contribution in [-0.4, -0.2) is 29.1 Å². The highest BCUT2D eigenvalue weighted by Gasteiger charge is 2.28. The van der Waals surface area contributed by atoms with Crippen LogP contribution in [0.15, 0.2) is 60.8 Å². The number of pyridine rings is 1. The molecule has 2 aromatic carbocycles. The zero-order valence-corrected chi connectivity index (χ0v) is 18.4. The van der Waals surface area contributed by atoms with Gasteiger partial charge in [-0.3, -0.25) is 9.78 Å². The van der Waals surface area contributed by atoms with Gasteiger partial charge in [-0.15, -0.1) is 0 Å². The van der Waals surface area contributed by atoms with Crippen LogP contribution in [-0.2, 0) is 17.6 Å². The van der Waals surface area contributed by atoms with Crippen molar-refractivity contribution in [3.8, 4) is 0 Å². The minimum Gasteiger partial charge on any atom is -0.481 e. The number of aromatic nitrogens is 1. The molecule has 0 radical (unpaired) electrons. The van der Waals surface area contributed by atoms with E-state index >= 15 is 0 Å².